The third kappa shape index (κ3) is 3.13. The molecule has 0 saturated carbocycles. The van der Waals surface area contributed by atoms with Crippen molar-refractivity contribution in [1.29, 1.82) is 5.26 Å². The Balaban J connectivity index is 2.36. The Bertz CT molecular complexity index is 748. The third-order valence-electron chi connectivity index (χ3n) is 2.74. The minimum atomic E-state index is -1.27. The number of non-ortho nitro benzene ring substituents is 1. The second-order valence-corrected chi connectivity index (χ2v) is 4.11. The lowest BCUT2D eigenvalue weighted by atomic mass is 10.1. The van der Waals surface area contributed by atoms with Crippen LogP contribution in [-0.4, -0.2) is 16.0 Å². The molecule has 2 rings (SSSR count). The number of nitro benzene ring substituents is 1. The summed E-state index contributed by atoms with van der Waals surface area (Å²) in [7, 11) is 0. The Morgan fingerprint density at radius 1 is 1.24 bits per heavy atom. The van der Waals surface area contributed by atoms with Gasteiger partial charge in [-0.15, -0.1) is 0 Å². The lowest BCUT2D eigenvalue weighted by Crippen LogP contribution is -2.04. The van der Waals surface area contributed by atoms with Crippen LogP contribution < -0.4 is 5.32 Å². The van der Waals surface area contributed by atoms with Crippen molar-refractivity contribution in [1.82, 2.24) is 0 Å². The average molecular weight is 283 g/mol. The molecule has 0 aliphatic rings. The van der Waals surface area contributed by atoms with Crippen LogP contribution in [0.15, 0.2) is 42.5 Å². The molecule has 0 bridgehead atoms. The van der Waals surface area contributed by atoms with Gasteiger partial charge >= 0.3 is 5.97 Å². The van der Waals surface area contributed by atoms with E-state index in [0.29, 0.717) is 11.3 Å². The first-order valence-electron chi connectivity index (χ1n) is 5.80. The Morgan fingerprint density at radius 2 is 1.90 bits per heavy atom. The van der Waals surface area contributed by atoms with Gasteiger partial charge in [-0.05, 0) is 30.3 Å². The number of nitriles is 1. The molecule has 2 aromatic rings. The van der Waals surface area contributed by atoms with Crippen molar-refractivity contribution in [3.8, 4) is 6.07 Å². The fourth-order valence-electron chi connectivity index (χ4n) is 1.72. The summed E-state index contributed by atoms with van der Waals surface area (Å²) in [5, 5.41) is 31.4. The molecular weight excluding hydrogens is 274 g/mol. The molecule has 0 spiro atoms. The molecule has 21 heavy (non-hydrogen) atoms. The SMILES string of the molecule is N#Cc1ccc(Nc2ccc([N+](=O)[O-])cc2C(=O)O)cc1. The van der Waals surface area contributed by atoms with Gasteiger partial charge in [0, 0.05) is 17.8 Å². The Kier molecular flexibility index (Phi) is 3.81. The quantitative estimate of drug-likeness (QED) is 0.658. The van der Waals surface area contributed by atoms with E-state index in [1.54, 1.807) is 24.3 Å². The van der Waals surface area contributed by atoms with Crippen molar-refractivity contribution in [3.63, 3.8) is 0 Å². The first-order valence-corrected chi connectivity index (χ1v) is 5.80. The van der Waals surface area contributed by atoms with Gasteiger partial charge in [0.05, 0.1) is 27.8 Å². The van der Waals surface area contributed by atoms with Crippen LogP contribution in [-0.2, 0) is 0 Å². The van der Waals surface area contributed by atoms with Crippen LogP contribution in [0, 0.1) is 21.4 Å². The van der Waals surface area contributed by atoms with Gasteiger partial charge < -0.3 is 10.4 Å². The normalized spacial score (nSPS) is 9.67. The molecule has 2 aromatic carbocycles. The first-order chi connectivity index (χ1) is 10.0. The second kappa shape index (κ2) is 5.71. The van der Waals surface area contributed by atoms with E-state index < -0.39 is 10.9 Å². The molecule has 7 heteroatoms. The van der Waals surface area contributed by atoms with Gasteiger partial charge in [-0.3, -0.25) is 10.1 Å². The van der Waals surface area contributed by atoms with Gasteiger partial charge in [-0.2, -0.15) is 5.26 Å². The largest absolute Gasteiger partial charge is 0.478 e. The average Bonchev–Trinajstić information content (AvgIpc) is 2.48. The van der Waals surface area contributed by atoms with Gasteiger partial charge in [0.25, 0.3) is 5.69 Å². The van der Waals surface area contributed by atoms with E-state index in [-0.39, 0.29) is 16.9 Å². The van der Waals surface area contributed by atoms with E-state index in [4.69, 9.17) is 10.4 Å². The molecule has 0 fully saturated rings. The van der Waals surface area contributed by atoms with Crippen LogP contribution >= 0.6 is 0 Å². The Labute approximate surface area is 119 Å². The number of carboxylic acid groups (broad SMARTS) is 1. The highest BCUT2D eigenvalue weighted by molar-refractivity contribution is 5.96. The van der Waals surface area contributed by atoms with Crippen LogP contribution in [0.3, 0.4) is 0 Å². The van der Waals surface area contributed by atoms with Crippen molar-refractivity contribution in [2.45, 2.75) is 0 Å². The predicted octanol–water partition coefficient (Wildman–Crippen LogP) is 2.91. The maximum atomic E-state index is 11.2. The van der Waals surface area contributed by atoms with Crippen LogP contribution in [0.4, 0.5) is 17.1 Å². The molecule has 0 aliphatic heterocycles. The molecular formula is C14H9N3O4. The summed E-state index contributed by atoms with van der Waals surface area (Å²) in [4.78, 5) is 21.2. The number of anilines is 2. The maximum absolute atomic E-state index is 11.2. The molecule has 0 heterocycles. The van der Waals surface area contributed by atoms with E-state index in [0.717, 1.165) is 6.07 Å². The van der Waals surface area contributed by atoms with Gasteiger partial charge in [-0.1, -0.05) is 0 Å². The van der Waals surface area contributed by atoms with Crippen molar-refractivity contribution in [3.05, 3.63) is 63.7 Å². The van der Waals surface area contributed by atoms with Crippen molar-refractivity contribution in [2.75, 3.05) is 5.32 Å². The van der Waals surface area contributed by atoms with Gasteiger partial charge in [0.15, 0.2) is 0 Å². The number of rotatable bonds is 4. The molecule has 0 amide bonds. The van der Waals surface area contributed by atoms with E-state index in [9.17, 15) is 14.9 Å². The fourth-order valence-corrected chi connectivity index (χ4v) is 1.72. The summed E-state index contributed by atoms with van der Waals surface area (Å²) < 4.78 is 0. The van der Waals surface area contributed by atoms with Crippen LogP contribution in [0.1, 0.15) is 15.9 Å². The highest BCUT2D eigenvalue weighted by atomic mass is 16.6. The van der Waals surface area contributed by atoms with Crippen LogP contribution in [0.25, 0.3) is 0 Å². The van der Waals surface area contributed by atoms with Crippen molar-refractivity contribution in [2.24, 2.45) is 0 Å². The minimum absolute atomic E-state index is 0.200. The third-order valence-corrected chi connectivity index (χ3v) is 2.74. The van der Waals surface area contributed by atoms with Gasteiger partial charge in [0.1, 0.15) is 0 Å². The molecule has 0 atom stereocenters. The number of aromatic carboxylic acids is 1. The van der Waals surface area contributed by atoms with Crippen LogP contribution in [0.2, 0.25) is 0 Å². The number of hydrogen-bond donors (Lipinski definition) is 2. The van der Waals surface area contributed by atoms with Gasteiger partial charge in [0.2, 0.25) is 0 Å². The molecule has 0 saturated heterocycles. The molecule has 7 nitrogen and oxygen atoms in total. The number of nitrogens with one attached hydrogen (secondary N) is 1. The number of nitrogens with zero attached hydrogens (tertiary/aromatic N) is 2. The number of hydrogen-bond acceptors (Lipinski definition) is 5. The summed E-state index contributed by atoms with van der Waals surface area (Å²) in [6, 6.07) is 11.9. The summed E-state index contributed by atoms with van der Waals surface area (Å²) in [6.45, 7) is 0. The van der Waals surface area contributed by atoms with E-state index in [1.165, 1.54) is 12.1 Å². The molecule has 0 aromatic heterocycles. The molecule has 0 aliphatic carbocycles. The lowest BCUT2D eigenvalue weighted by molar-refractivity contribution is -0.384. The molecule has 104 valence electrons. The zero-order valence-electron chi connectivity index (χ0n) is 10.6. The number of benzene rings is 2. The second-order valence-electron chi connectivity index (χ2n) is 4.11. The number of carbonyl (C=O) groups is 1. The first kappa shape index (κ1) is 14.0. The standard InChI is InChI=1S/C14H9N3O4/c15-8-9-1-3-10(4-2-9)16-13-6-5-11(17(20)21)7-12(13)14(18)19/h1-7,16H,(H,18,19). The zero-order chi connectivity index (χ0) is 15.4. The zero-order valence-corrected chi connectivity index (χ0v) is 10.6. The van der Waals surface area contributed by atoms with Crippen LogP contribution in [0.5, 0.6) is 0 Å². The van der Waals surface area contributed by atoms with Crippen molar-refractivity contribution < 1.29 is 14.8 Å². The minimum Gasteiger partial charge on any atom is -0.478 e. The summed E-state index contributed by atoms with van der Waals surface area (Å²) in [5.74, 6) is -1.27. The summed E-state index contributed by atoms with van der Waals surface area (Å²) in [6.07, 6.45) is 0. The van der Waals surface area contributed by atoms with E-state index in [2.05, 4.69) is 5.32 Å². The van der Waals surface area contributed by atoms with Crippen molar-refractivity contribution >= 4 is 23.0 Å². The number of carboxylic acids is 1. The molecule has 2 N–H and O–H groups in total. The van der Waals surface area contributed by atoms with E-state index >= 15 is 0 Å². The Hall–Kier alpha value is -3.40. The number of nitro groups is 1. The predicted molar refractivity (Wildman–Crippen MR) is 74.5 cm³/mol. The molecule has 0 unspecified atom stereocenters. The van der Waals surface area contributed by atoms with Gasteiger partial charge in [-0.25, -0.2) is 4.79 Å². The highest BCUT2D eigenvalue weighted by Crippen LogP contribution is 2.25. The molecule has 0 radical (unpaired) electrons. The monoisotopic (exact) mass is 283 g/mol. The summed E-state index contributed by atoms with van der Waals surface area (Å²) in [5.41, 5.74) is 0.789. The maximum Gasteiger partial charge on any atom is 0.338 e. The Morgan fingerprint density at radius 3 is 2.43 bits per heavy atom. The highest BCUT2D eigenvalue weighted by Gasteiger charge is 2.16. The summed E-state index contributed by atoms with van der Waals surface area (Å²) >= 11 is 0. The smallest absolute Gasteiger partial charge is 0.338 e. The lowest BCUT2D eigenvalue weighted by Gasteiger charge is -2.09. The topological polar surface area (TPSA) is 116 Å². The van der Waals surface area contributed by atoms with E-state index in [1.807, 2.05) is 6.07 Å². The fraction of sp³-hybridized carbons (Fsp3) is 0.